The van der Waals surface area contributed by atoms with Crippen LogP contribution in [0.5, 0.6) is 5.75 Å². The third-order valence-corrected chi connectivity index (χ3v) is 2.12. The molecule has 0 aliphatic rings. The van der Waals surface area contributed by atoms with Gasteiger partial charge in [0.25, 0.3) is 0 Å². The summed E-state index contributed by atoms with van der Waals surface area (Å²) in [7, 11) is 1.51. The van der Waals surface area contributed by atoms with Crippen molar-refractivity contribution in [3.05, 3.63) is 39.8 Å². The van der Waals surface area contributed by atoms with Crippen LogP contribution in [0.4, 0.5) is 0 Å². The SMILES string of the molecule is COc1cc(C(N)=O)ccc1CCN=[N+]=[N-]. The topological polar surface area (TPSA) is 101 Å². The molecule has 2 N–H and O–H groups in total. The van der Waals surface area contributed by atoms with Crippen molar-refractivity contribution in [1.82, 2.24) is 0 Å². The van der Waals surface area contributed by atoms with Gasteiger partial charge in [-0.15, -0.1) is 0 Å². The van der Waals surface area contributed by atoms with Crippen LogP contribution in [0.2, 0.25) is 0 Å². The molecular weight excluding hydrogens is 208 g/mol. The van der Waals surface area contributed by atoms with Gasteiger partial charge in [-0.3, -0.25) is 4.79 Å². The molecule has 1 rings (SSSR count). The molecule has 0 fully saturated rings. The first kappa shape index (κ1) is 11.9. The van der Waals surface area contributed by atoms with Crippen LogP contribution in [0.25, 0.3) is 10.4 Å². The molecule has 0 spiro atoms. The van der Waals surface area contributed by atoms with Gasteiger partial charge in [0.05, 0.1) is 7.11 Å². The van der Waals surface area contributed by atoms with Gasteiger partial charge in [-0.05, 0) is 29.6 Å². The minimum Gasteiger partial charge on any atom is -0.496 e. The van der Waals surface area contributed by atoms with E-state index in [1.807, 2.05) is 0 Å². The average molecular weight is 220 g/mol. The fourth-order valence-electron chi connectivity index (χ4n) is 1.32. The monoisotopic (exact) mass is 220 g/mol. The largest absolute Gasteiger partial charge is 0.496 e. The van der Waals surface area contributed by atoms with E-state index in [4.69, 9.17) is 16.0 Å². The van der Waals surface area contributed by atoms with Crippen LogP contribution in [0.3, 0.4) is 0 Å². The molecule has 0 aliphatic heterocycles. The molecule has 6 heteroatoms. The maximum atomic E-state index is 10.9. The molecule has 0 aromatic heterocycles. The lowest BCUT2D eigenvalue weighted by Crippen LogP contribution is -2.11. The van der Waals surface area contributed by atoms with Gasteiger partial charge in [-0.1, -0.05) is 11.2 Å². The minimum atomic E-state index is -0.500. The molecule has 6 nitrogen and oxygen atoms in total. The number of benzene rings is 1. The average Bonchev–Trinajstić information content (AvgIpc) is 2.29. The molecule has 1 aromatic rings. The van der Waals surface area contributed by atoms with Crippen LogP contribution in [-0.2, 0) is 6.42 Å². The number of amides is 1. The lowest BCUT2D eigenvalue weighted by atomic mass is 10.1. The van der Waals surface area contributed by atoms with E-state index in [0.717, 1.165) is 5.56 Å². The zero-order valence-electron chi connectivity index (χ0n) is 8.88. The molecule has 0 unspecified atom stereocenters. The summed E-state index contributed by atoms with van der Waals surface area (Å²) in [5.41, 5.74) is 14.6. The first-order valence-corrected chi connectivity index (χ1v) is 4.66. The molecule has 84 valence electrons. The predicted octanol–water partition coefficient (Wildman–Crippen LogP) is 1.65. The summed E-state index contributed by atoms with van der Waals surface area (Å²) in [5, 5.41) is 3.43. The molecule has 0 bridgehead atoms. The van der Waals surface area contributed by atoms with E-state index in [0.29, 0.717) is 24.3 Å². The second-order valence-corrected chi connectivity index (χ2v) is 3.10. The smallest absolute Gasteiger partial charge is 0.248 e. The highest BCUT2D eigenvalue weighted by Crippen LogP contribution is 2.20. The summed E-state index contributed by atoms with van der Waals surface area (Å²) in [4.78, 5) is 13.6. The number of nitrogens with two attached hydrogens (primary N) is 1. The minimum absolute atomic E-state index is 0.350. The van der Waals surface area contributed by atoms with Gasteiger partial charge in [-0.25, -0.2) is 0 Å². The highest BCUT2D eigenvalue weighted by Gasteiger charge is 2.06. The molecule has 1 aromatic carbocycles. The Balaban J connectivity index is 2.92. The summed E-state index contributed by atoms with van der Waals surface area (Å²) in [6.07, 6.45) is 0.562. The molecule has 0 aliphatic carbocycles. The Labute approximate surface area is 92.6 Å². The second kappa shape index (κ2) is 5.63. The molecule has 0 radical (unpaired) electrons. The van der Waals surface area contributed by atoms with Gasteiger partial charge in [0, 0.05) is 17.0 Å². The number of ether oxygens (including phenoxy) is 1. The van der Waals surface area contributed by atoms with Crippen LogP contribution in [0, 0.1) is 0 Å². The summed E-state index contributed by atoms with van der Waals surface area (Å²) in [6.45, 7) is 0.350. The molecule has 16 heavy (non-hydrogen) atoms. The Morgan fingerprint density at radius 1 is 1.62 bits per heavy atom. The van der Waals surface area contributed by atoms with Gasteiger partial charge >= 0.3 is 0 Å². The maximum absolute atomic E-state index is 10.9. The van der Waals surface area contributed by atoms with Gasteiger partial charge in [0.1, 0.15) is 5.75 Å². The number of hydrogen-bond acceptors (Lipinski definition) is 3. The number of carbonyl (C=O) groups is 1. The number of azide groups is 1. The Bertz CT molecular complexity index is 438. The van der Waals surface area contributed by atoms with E-state index in [9.17, 15) is 4.79 Å². The first-order chi connectivity index (χ1) is 7.69. The van der Waals surface area contributed by atoms with Crippen molar-refractivity contribution in [3.63, 3.8) is 0 Å². The number of nitrogens with zero attached hydrogens (tertiary/aromatic N) is 3. The van der Waals surface area contributed by atoms with Crippen LogP contribution < -0.4 is 10.5 Å². The molecular formula is C10H12N4O2. The molecule has 0 atom stereocenters. The Morgan fingerprint density at radius 3 is 2.94 bits per heavy atom. The van der Waals surface area contributed by atoms with Crippen molar-refractivity contribution in [3.8, 4) is 5.75 Å². The quantitative estimate of drug-likeness (QED) is 0.463. The fraction of sp³-hybridized carbons (Fsp3) is 0.300. The maximum Gasteiger partial charge on any atom is 0.248 e. The van der Waals surface area contributed by atoms with Crippen LogP contribution in [0.1, 0.15) is 15.9 Å². The molecule has 0 heterocycles. The Morgan fingerprint density at radius 2 is 2.38 bits per heavy atom. The summed E-state index contributed by atoms with van der Waals surface area (Å²) >= 11 is 0. The van der Waals surface area contributed by atoms with Gasteiger partial charge < -0.3 is 10.5 Å². The number of carbonyl (C=O) groups excluding carboxylic acids is 1. The Hall–Kier alpha value is -2.20. The van der Waals surface area contributed by atoms with Crippen LogP contribution >= 0.6 is 0 Å². The van der Waals surface area contributed by atoms with Gasteiger partial charge in [-0.2, -0.15) is 0 Å². The summed E-state index contributed by atoms with van der Waals surface area (Å²) < 4.78 is 5.12. The van der Waals surface area contributed by atoms with E-state index < -0.39 is 5.91 Å². The third kappa shape index (κ3) is 2.90. The standard InChI is InChI=1S/C10H12N4O2/c1-16-9-6-8(10(11)15)3-2-7(9)4-5-13-14-12/h2-3,6H,4-5H2,1H3,(H2,11,15). The van der Waals surface area contributed by atoms with Crippen LogP contribution in [0.15, 0.2) is 23.3 Å². The van der Waals surface area contributed by atoms with E-state index in [1.54, 1.807) is 18.2 Å². The Kier molecular flexibility index (Phi) is 4.17. The predicted molar refractivity (Wildman–Crippen MR) is 59.2 cm³/mol. The summed E-state index contributed by atoms with van der Waals surface area (Å²) in [6, 6.07) is 4.94. The van der Waals surface area contributed by atoms with Gasteiger partial charge in [0.15, 0.2) is 0 Å². The van der Waals surface area contributed by atoms with Crippen molar-refractivity contribution in [1.29, 1.82) is 0 Å². The van der Waals surface area contributed by atoms with E-state index in [-0.39, 0.29) is 0 Å². The zero-order chi connectivity index (χ0) is 12.0. The lowest BCUT2D eigenvalue weighted by molar-refractivity contribution is 0.1000. The van der Waals surface area contributed by atoms with Crippen molar-refractivity contribution in [2.24, 2.45) is 10.8 Å². The fourth-order valence-corrected chi connectivity index (χ4v) is 1.32. The molecule has 0 saturated heterocycles. The number of methoxy groups -OCH3 is 1. The molecule has 1 amide bonds. The number of rotatable bonds is 5. The van der Waals surface area contributed by atoms with Crippen LogP contribution in [-0.4, -0.2) is 19.6 Å². The second-order valence-electron chi connectivity index (χ2n) is 3.10. The summed E-state index contributed by atoms with van der Waals surface area (Å²) in [5.74, 6) is 0.0735. The van der Waals surface area contributed by atoms with E-state index in [2.05, 4.69) is 10.0 Å². The van der Waals surface area contributed by atoms with E-state index >= 15 is 0 Å². The van der Waals surface area contributed by atoms with Crippen molar-refractivity contribution in [2.45, 2.75) is 6.42 Å². The third-order valence-electron chi connectivity index (χ3n) is 2.12. The van der Waals surface area contributed by atoms with Gasteiger partial charge in [0.2, 0.25) is 5.91 Å². The highest BCUT2D eigenvalue weighted by molar-refractivity contribution is 5.93. The van der Waals surface area contributed by atoms with Crippen molar-refractivity contribution in [2.75, 3.05) is 13.7 Å². The normalized spacial score (nSPS) is 9.31. The molecule has 0 saturated carbocycles. The first-order valence-electron chi connectivity index (χ1n) is 4.66. The highest BCUT2D eigenvalue weighted by atomic mass is 16.5. The van der Waals surface area contributed by atoms with Crippen molar-refractivity contribution < 1.29 is 9.53 Å². The number of hydrogen-bond donors (Lipinski definition) is 1. The zero-order valence-corrected chi connectivity index (χ0v) is 8.88. The van der Waals surface area contributed by atoms with Crippen molar-refractivity contribution >= 4 is 5.91 Å². The van der Waals surface area contributed by atoms with E-state index in [1.165, 1.54) is 7.11 Å². The lowest BCUT2D eigenvalue weighted by Gasteiger charge is -2.08. The number of primary amides is 1.